The van der Waals surface area contributed by atoms with Gasteiger partial charge < -0.3 is 4.74 Å². The SMILES string of the molecule is Fc1ccc(C(CI)OCc2ccccc2Cl)cc1. The predicted molar refractivity (Wildman–Crippen MR) is 84.3 cm³/mol. The lowest BCUT2D eigenvalue weighted by molar-refractivity contribution is 0.0577. The molecule has 0 amide bonds. The summed E-state index contributed by atoms with van der Waals surface area (Å²) < 4.78 is 19.6. The molecule has 0 radical (unpaired) electrons. The van der Waals surface area contributed by atoms with Gasteiger partial charge >= 0.3 is 0 Å². The first-order valence-electron chi connectivity index (χ1n) is 5.87. The Bertz CT molecular complexity index is 530. The number of hydrogen-bond acceptors (Lipinski definition) is 1. The van der Waals surface area contributed by atoms with Crippen molar-refractivity contribution >= 4 is 34.2 Å². The quantitative estimate of drug-likeness (QED) is 0.505. The third-order valence-electron chi connectivity index (χ3n) is 2.78. The Balaban J connectivity index is 2.04. The van der Waals surface area contributed by atoms with E-state index in [1.165, 1.54) is 12.1 Å². The van der Waals surface area contributed by atoms with Crippen LogP contribution in [-0.2, 0) is 11.3 Å². The van der Waals surface area contributed by atoms with Gasteiger partial charge in [0.15, 0.2) is 0 Å². The van der Waals surface area contributed by atoms with Gasteiger partial charge in [-0.1, -0.05) is 64.5 Å². The summed E-state index contributed by atoms with van der Waals surface area (Å²) in [5.74, 6) is -0.234. The van der Waals surface area contributed by atoms with Crippen molar-refractivity contribution < 1.29 is 9.13 Å². The summed E-state index contributed by atoms with van der Waals surface area (Å²) in [7, 11) is 0. The third kappa shape index (κ3) is 4.16. The Kier molecular flexibility index (Phi) is 5.60. The van der Waals surface area contributed by atoms with E-state index in [4.69, 9.17) is 16.3 Å². The topological polar surface area (TPSA) is 9.23 Å². The maximum Gasteiger partial charge on any atom is 0.123 e. The molecule has 2 rings (SSSR count). The van der Waals surface area contributed by atoms with E-state index in [0.29, 0.717) is 11.6 Å². The van der Waals surface area contributed by atoms with Gasteiger partial charge in [-0.25, -0.2) is 4.39 Å². The highest BCUT2D eigenvalue weighted by Crippen LogP contribution is 2.24. The molecular weight excluding hydrogens is 378 g/mol. The van der Waals surface area contributed by atoms with E-state index in [9.17, 15) is 4.39 Å². The fourth-order valence-electron chi connectivity index (χ4n) is 1.71. The van der Waals surface area contributed by atoms with Crippen molar-refractivity contribution in [2.75, 3.05) is 4.43 Å². The molecule has 0 heterocycles. The maximum atomic E-state index is 12.9. The van der Waals surface area contributed by atoms with Crippen molar-refractivity contribution in [2.24, 2.45) is 0 Å². The highest BCUT2D eigenvalue weighted by molar-refractivity contribution is 14.1. The molecule has 4 heteroatoms. The van der Waals surface area contributed by atoms with Crippen molar-refractivity contribution in [3.05, 3.63) is 70.5 Å². The lowest BCUT2D eigenvalue weighted by Crippen LogP contribution is -2.06. The van der Waals surface area contributed by atoms with Crippen LogP contribution < -0.4 is 0 Å². The number of halogens is 3. The van der Waals surface area contributed by atoms with Crippen molar-refractivity contribution in [2.45, 2.75) is 12.7 Å². The average Bonchev–Trinajstić information content (AvgIpc) is 2.43. The normalized spacial score (nSPS) is 12.4. The van der Waals surface area contributed by atoms with Crippen molar-refractivity contribution in [3.8, 4) is 0 Å². The second-order valence-electron chi connectivity index (χ2n) is 4.10. The first-order valence-corrected chi connectivity index (χ1v) is 7.77. The molecule has 0 spiro atoms. The fraction of sp³-hybridized carbons (Fsp3) is 0.200. The van der Waals surface area contributed by atoms with E-state index in [0.717, 1.165) is 15.6 Å². The minimum absolute atomic E-state index is 0.0579. The van der Waals surface area contributed by atoms with E-state index in [1.54, 1.807) is 12.1 Å². The molecule has 2 aromatic carbocycles. The number of rotatable bonds is 5. The molecule has 0 N–H and O–H groups in total. The van der Waals surface area contributed by atoms with Crippen LogP contribution in [0.3, 0.4) is 0 Å². The number of ether oxygens (including phenoxy) is 1. The zero-order valence-electron chi connectivity index (χ0n) is 10.2. The number of benzene rings is 2. The summed E-state index contributed by atoms with van der Waals surface area (Å²) in [5, 5.41) is 0.703. The highest BCUT2D eigenvalue weighted by Gasteiger charge is 2.11. The second-order valence-corrected chi connectivity index (χ2v) is 5.38. The standard InChI is InChI=1S/C15H13ClFIO/c16-14-4-2-1-3-12(14)10-19-15(9-18)11-5-7-13(17)8-6-11/h1-8,15H,9-10H2. The van der Waals surface area contributed by atoms with Crippen molar-refractivity contribution in [1.82, 2.24) is 0 Å². The Morgan fingerprint density at radius 2 is 1.79 bits per heavy atom. The molecule has 19 heavy (non-hydrogen) atoms. The largest absolute Gasteiger partial charge is 0.368 e. The van der Waals surface area contributed by atoms with E-state index < -0.39 is 0 Å². The van der Waals surface area contributed by atoms with Crippen LogP contribution in [0, 0.1) is 5.82 Å². The molecule has 0 saturated heterocycles. The van der Waals surface area contributed by atoms with E-state index in [-0.39, 0.29) is 11.9 Å². The minimum atomic E-state index is -0.234. The van der Waals surface area contributed by atoms with Crippen molar-refractivity contribution in [3.63, 3.8) is 0 Å². The maximum absolute atomic E-state index is 12.9. The summed E-state index contributed by atoms with van der Waals surface area (Å²) in [5.41, 5.74) is 1.93. The van der Waals surface area contributed by atoms with Crippen LogP contribution in [0.2, 0.25) is 5.02 Å². The first kappa shape index (κ1) is 14.8. The number of hydrogen-bond donors (Lipinski definition) is 0. The molecule has 100 valence electrons. The average molecular weight is 391 g/mol. The van der Waals surface area contributed by atoms with Crippen LogP contribution in [0.15, 0.2) is 48.5 Å². The smallest absolute Gasteiger partial charge is 0.123 e. The molecule has 0 aromatic heterocycles. The molecule has 0 aliphatic heterocycles. The van der Waals surface area contributed by atoms with E-state index in [1.807, 2.05) is 24.3 Å². The Hall–Kier alpha value is -0.650. The monoisotopic (exact) mass is 390 g/mol. The van der Waals surface area contributed by atoms with Gasteiger partial charge in [0.05, 0.1) is 12.7 Å². The van der Waals surface area contributed by atoms with Crippen LogP contribution in [-0.4, -0.2) is 4.43 Å². The van der Waals surface area contributed by atoms with Crippen LogP contribution >= 0.6 is 34.2 Å². The second kappa shape index (κ2) is 7.22. The summed E-state index contributed by atoms with van der Waals surface area (Å²) >= 11 is 8.35. The molecule has 0 fully saturated rings. The van der Waals surface area contributed by atoms with E-state index in [2.05, 4.69) is 22.6 Å². The Labute approximate surface area is 130 Å². The summed E-state index contributed by atoms with van der Waals surface area (Å²) in [6.45, 7) is 0.449. The lowest BCUT2D eigenvalue weighted by Gasteiger charge is -2.16. The molecule has 0 aliphatic carbocycles. The lowest BCUT2D eigenvalue weighted by atomic mass is 10.1. The van der Waals surface area contributed by atoms with Gasteiger partial charge in [0, 0.05) is 9.45 Å². The van der Waals surface area contributed by atoms with Gasteiger partial charge in [-0.05, 0) is 29.3 Å². The van der Waals surface area contributed by atoms with Crippen molar-refractivity contribution in [1.29, 1.82) is 0 Å². The molecule has 2 aromatic rings. The zero-order chi connectivity index (χ0) is 13.7. The van der Waals surface area contributed by atoms with Crippen LogP contribution in [0.5, 0.6) is 0 Å². The molecule has 0 aliphatic rings. The molecule has 0 saturated carbocycles. The molecule has 1 unspecified atom stereocenters. The molecule has 0 bridgehead atoms. The van der Waals surface area contributed by atoms with Gasteiger partial charge in [-0.2, -0.15) is 0 Å². The van der Waals surface area contributed by atoms with Crippen LogP contribution in [0.4, 0.5) is 4.39 Å². The first-order chi connectivity index (χ1) is 9.20. The Morgan fingerprint density at radius 1 is 1.11 bits per heavy atom. The third-order valence-corrected chi connectivity index (χ3v) is 3.95. The van der Waals surface area contributed by atoms with Crippen LogP contribution in [0.1, 0.15) is 17.2 Å². The van der Waals surface area contributed by atoms with E-state index >= 15 is 0 Å². The van der Waals surface area contributed by atoms with Gasteiger partial charge in [-0.15, -0.1) is 0 Å². The summed E-state index contributed by atoms with van der Waals surface area (Å²) in [6.07, 6.45) is -0.0579. The van der Waals surface area contributed by atoms with Gasteiger partial charge in [0.2, 0.25) is 0 Å². The Morgan fingerprint density at radius 3 is 2.42 bits per heavy atom. The fourth-order valence-corrected chi connectivity index (χ4v) is 2.67. The number of alkyl halides is 1. The van der Waals surface area contributed by atoms with Crippen LogP contribution in [0.25, 0.3) is 0 Å². The minimum Gasteiger partial charge on any atom is -0.368 e. The molecule has 1 nitrogen and oxygen atoms in total. The molecular formula is C15H13ClFIO. The summed E-state index contributed by atoms with van der Waals surface area (Å²) in [6, 6.07) is 14.0. The highest BCUT2D eigenvalue weighted by atomic mass is 127. The van der Waals surface area contributed by atoms with Gasteiger partial charge in [0.25, 0.3) is 0 Å². The zero-order valence-corrected chi connectivity index (χ0v) is 13.1. The molecule has 1 atom stereocenters. The van der Waals surface area contributed by atoms with Gasteiger partial charge in [-0.3, -0.25) is 0 Å². The van der Waals surface area contributed by atoms with Gasteiger partial charge in [0.1, 0.15) is 5.82 Å². The summed E-state index contributed by atoms with van der Waals surface area (Å²) in [4.78, 5) is 0. The predicted octanol–water partition coefficient (Wildman–Crippen LogP) is 5.17.